The van der Waals surface area contributed by atoms with Gasteiger partial charge in [-0.15, -0.1) is 23.1 Å². The molecule has 2 amide bonds. The van der Waals surface area contributed by atoms with Crippen molar-refractivity contribution >= 4 is 69.9 Å². The maximum Gasteiger partial charge on any atom is 0.355 e. The van der Waals surface area contributed by atoms with E-state index in [0.29, 0.717) is 51.3 Å². The van der Waals surface area contributed by atoms with E-state index in [1.54, 1.807) is 90.8 Å². The summed E-state index contributed by atoms with van der Waals surface area (Å²) in [4.78, 5) is 82.8. The van der Waals surface area contributed by atoms with Crippen LogP contribution in [0.3, 0.4) is 0 Å². The van der Waals surface area contributed by atoms with Gasteiger partial charge in [-0.2, -0.15) is 0 Å². The SMILES string of the molecule is COc1ccc(COC(=O)C2=C(C[N+]3(CCNC(=O)c4ccc(OCc5ccc(OC)cc5)c(OCc5ccc(OC)cc5)c4Cl)CCCCCC3)CSC3C(CC(=O)/C(=N/OC(C)(C)C(=O)OC(C)(C)C)c4csc(C)n4)C(=O)N23)cc1. The zero-order chi connectivity index (χ0) is 59.5. The third-order valence-corrected chi connectivity index (χ3v) is 17.0. The highest BCUT2D eigenvalue weighted by Gasteiger charge is 2.55. The van der Waals surface area contributed by atoms with Crippen LogP contribution in [0.5, 0.6) is 28.7 Å². The third kappa shape index (κ3) is 15.8. The number of β-lactam (4-membered cyclic amide) rings is 1. The number of fused-ring (bicyclic) bond motifs is 1. The number of benzene rings is 4. The van der Waals surface area contributed by atoms with Crippen LogP contribution in [-0.2, 0) is 53.3 Å². The Morgan fingerprint density at radius 3 is 1.92 bits per heavy atom. The Bertz CT molecular complexity index is 3190. The standard InChI is InChI=1S/C62H72ClN5O13S2/c1-39-65-49(38-82-39)53(66-81-62(5,6)60(73)80-61(2,3)4)50(69)32-48-57(71)67-54(59(72)79-36-42-18-24-46(76-9)25-19-42)43(37-83-58(48)67)33-68(29-12-10-11-13-30-68)31-28-64-56(70)47-26-27-51(77-34-40-14-20-44(74-7)21-15-40)55(52(47)63)78-35-41-16-22-45(75-8)23-17-41/h14-27,38,48,58H,10-13,28-37H2,1-9H3/p+1/b66-53+. The van der Waals surface area contributed by atoms with Gasteiger partial charge in [0.2, 0.25) is 11.5 Å². The number of rotatable bonds is 25. The molecule has 4 aromatic carbocycles. The summed E-state index contributed by atoms with van der Waals surface area (Å²) in [7, 11) is 4.78. The lowest BCUT2D eigenvalue weighted by Crippen LogP contribution is -2.63. The molecule has 83 heavy (non-hydrogen) atoms. The number of thiazole rings is 1. The summed E-state index contributed by atoms with van der Waals surface area (Å²) in [6.45, 7) is 13.0. The fraction of sp³-hybridized carbons (Fsp3) is 0.435. The van der Waals surface area contributed by atoms with Gasteiger partial charge in [0.05, 0.1) is 74.4 Å². The van der Waals surface area contributed by atoms with Gasteiger partial charge in [-0.05, 0) is 132 Å². The van der Waals surface area contributed by atoms with Crippen molar-refractivity contribution in [2.45, 2.75) is 110 Å². The minimum absolute atomic E-state index is 0.0630. The number of carbonyl (C=O) groups excluding carboxylic acids is 5. The smallest absolute Gasteiger partial charge is 0.355 e. The normalized spacial score (nSPS) is 17.1. The topological polar surface area (TPSA) is 200 Å². The van der Waals surface area contributed by atoms with Gasteiger partial charge in [0, 0.05) is 23.1 Å². The summed E-state index contributed by atoms with van der Waals surface area (Å²) in [5.41, 5.74) is 1.30. The highest BCUT2D eigenvalue weighted by molar-refractivity contribution is 8.00. The number of quaternary nitrogens is 1. The molecule has 2 saturated heterocycles. The van der Waals surface area contributed by atoms with Gasteiger partial charge in [-0.25, -0.2) is 14.6 Å². The van der Waals surface area contributed by atoms with Crippen LogP contribution in [-0.4, -0.2) is 126 Å². The molecular weight excluding hydrogens is 1120 g/mol. The molecule has 0 radical (unpaired) electrons. The van der Waals surface area contributed by atoms with E-state index in [2.05, 4.69) is 15.5 Å². The predicted octanol–water partition coefficient (Wildman–Crippen LogP) is 10.4. The van der Waals surface area contributed by atoms with E-state index >= 15 is 0 Å². The number of Topliss-reactive ketones (excluding diaryl/α,β-unsaturated/α-hetero) is 1. The number of nitrogens with zero attached hydrogens (tertiary/aromatic N) is 4. The molecule has 18 nitrogen and oxygen atoms in total. The number of nitrogens with one attached hydrogen (secondary N) is 1. The molecule has 2 atom stereocenters. The molecule has 5 aromatic rings. The number of halogens is 1. The number of carbonyl (C=O) groups is 5. The second-order valence-electron chi connectivity index (χ2n) is 22.2. The van der Waals surface area contributed by atoms with Crippen molar-refractivity contribution in [3.8, 4) is 28.7 Å². The van der Waals surface area contributed by atoms with Crippen molar-refractivity contribution in [3.05, 3.63) is 140 Å². The van der Waals surface area contributed by atoms with Crippen molar-refractivity contribution in [2.24, 2.45) is 11.1 Å². The number of aryl methyl sites for hydroxylation is 1. The fourth-order valence-corrected chi connectivity index (χ4v) is 12.2. The lowest BCUT2D eigenvalue weighted by Gasteiger charge is -2.50. The van der Waals surface area contributed by atoms with Gasteiger partial charge in [0.1, 0.15) is 60.6 Å². The average molecular weight is 1200 g/mol. The third-order valence-electron chi connectivity index (χ3n) is 14.5. The molecule has 4 heterocycles. The van der Waals surface area contributed by atoms with Gasteiger partial charge in [-0.1, -0.05) is 53.2 Å². The number of aromatic nitrogens is 1. The second-order valence-corrected chi connectivity index (χ2v) is 24.7. The van der Waals surface area contributed by atoms with Gasteiger partial charge >= 0.3 is 11.9 Å². The van der Waals surface area contributed by atoms with Gasteiger partial charge in [0.25, 0.3) is 5.91 Å². The summed E-state index contributed by atoms with van der Waals surface area (Å²) in [6.07, 6.45) is 3.62. The molecule has 0 saturated carbocycles. The number of oxime groups is 1. The van der Waals surface area contributed by atoms with Crippen molar-refractivity contribution in [3.63, 3.8) is 0 Å². The number of likely N-dealkylation sites (tertiary alicyclic amines) is 1. The Morgan fingerprint density at radius 1 is 0.783 bits per heavy atom. The summed E-state index contributed by atoms with van der Waals surface area (Å²) < 4.78 is 40.7. The highest BCUT2D eigenvalue weighted by atomic mass is 35.5. The Morgan fingerprint density at radius 2 is 1.36 bits per heavy atom. The van der Waals surface area contributed by atoms with Crippen LogP contribution in [0.4, 0.5) is 0 Å². The first-order chi connectivity index (χ1) is 39.7. The molecule has 1 N–H and O–H groups in total. The molecule has 3 aliphatic heterocycles. The lowest BCUT2D eigenvalue weighted by atomic mass is 9.89. The van der Waals surface area contributed by atoms with E-state index in [9.17, 15) is 24.0 Å². The zero-order valence-corrected chi connectivity index (χ0v) is 50.9. The Balaban J connectivity index is 1.03. The Hall–Kier alpha value is -7.13. The van der Waals surface area contributed by atoms with E-state index in [0.717, 1.165) is 61.0 Å². The minimum atomic E-state index is -1.57. The number of ether oxygens (including phenoxy) is 7. The maximum absolute atomic E-state index is 14.7. The Kier molecular flexibility index (Phi) is 20.5. The van der Waals surface area contributed by atoms with Crippen LogP contribution in [0, 0.1) is 12.8 Å². The van der Waals surface area contributed by atoms with Crippen LogP contribution in [0.2, 0.25) is 5.02 Å². The van der Waals surface area contributed by atoms with E-state index in [-0.39, 0.29) is 66.2 Å². The zero-order valence-electron chi connectivity index (χ0n) is 48.5. The van der Waals surface area contributed by atoms with Crippen LogP contribution < -0.4 is 29.0 Å². The van der Waals surface area contributed by atoms with E-state index < -0.39 is 52.0 Å². The van der Waals surface area contributed by atoms with Crippen LogP contribution in [0.1, 0.15) is 104 Å². The molecule has 442 valence electrons. The number of esters is 2. The fourth-order valence-electron chi connectivity index (χ4n) is 9.92. The molecule has 1 aromatic heterocycles. The molecule has 2 fully saturated rings. The van der Waals surface area contributed by atoms with Crippen LogP contribution in [0.25, 0.3) is 0 Å². The Labute approximate surface area is 498 Å². The summed E-state index contributed by atoms with van der Waals surface area (Å²) in [5, 5.41) is 9.21. The number of hydrogen-bond donors (Lipinski definition) is 1. The number of hydrogen-bond acceptors (Lipinski definition) is 17. The second kappa shape index (κ2) is 27.5. The van der Waals surface area contributed by atoms with E-state index in [4.69, 9.17) is 49.6 Å². The summed E-state index contributed by atoms with van der Waals surface area (Å²) >= 11 is 9.91. The van der Waals surface area contributed by atoms with Crippen molar-refractivity contribution in [1.82, 2.24) is 15.2 Å². The van der Waals surface area contributed by atoms with Gasteiger partial charge in [-0.3, -0.25) is 19.3 Å². The minimum Gasteiger partial charge on any atom is -0.497 e. The highest BCUT2D eigenvalue weighted by Crippen LogP contribution is 2.47. The molecule has 0 aliphatic carbocycles. The molecule has 2 unspecified atom stereocenters. The van der Waals surface area contributed by atoms with Crippen LogP contribution in [0.15, 0.2) is 107 Å². The van der Waals surface area contributed by atoms with Crippen molar-refractivity contribution < 1.29 is 66.5 Å². The largest absolute Gasteiger partial charge is 0.497 e. The average Bonchev–Trinajstić information content (AvgIpc) is 3.22. The van der Waals surface area contributed by atoms with Crippen molar-refractivity contribution in [1.29, 1.82) is 0 Å². The molecular formula is C62H73ClN5O13S2+. The maximum atomic E-state index is 14.7. The van der Waals surface area contributed by atoms with Gasteiger partial charge in [0.15, 0.2) is 23.0 Å². The quantitative estimate of drug-likeness (QED) is 0.0190. The first-order valence-corrected chi connectivity index (χ1v) is 29.9. The number of amides is 2. The molecule has 21 heteroatoms. The van der Waals surface area contributed by atoms with E-state index in [1.165, 1.54) is 41.8 Å². The van der Waals surface area contributed by atoms with E-state index in [1.807, 2.05) is 48.5 Å². The first-order valence-electron chi connectivity index (χ1n) is 27.6. The number of thioether (sulfide) groups is 1. The lowest BCUT2D eigenvalue weighted by molar-refractivity contribution is -0.922. The van der Waals surface area contributed by atoms with Crippen LogP contribution >= 0.6 is 34.7 Å². The summed E-state index contributed by atoms with van der Waals surface area (Å²) in [5.74, 6) is -0.478. The number of methoxy groups -OCH3 is 3. The van der Waals surface area contributed by atoms with Gasteiger partial charge < -0.3 is 47.8 Å². The monoisotopic (exact) mass is 1190 g/mol. The molecule has 0 bridgehead atoms. The predicted molar refractivity (Wildman–Crippen MR) is 317 cm³/mol. The summed E-state index contributed by atoms with van der Waals surface area (Å²) in [6, 6.07) is 25.4. The number of ketones is 1. The first kappa shape index (κ1) is 61.9. The molecule has 8 rings (SSSR count). The molecule has 3 aliphatic rings. The van der Waals surface area contributed by atoms with Crippen molar-refractivity contribution in [2.75, 3.05) is 59.8 Å². The molecule has 0 spiro atoms.